The molecule has 13 heavy (non-hydrogen) atoms. The highest BCUT2D eigenvalue weighted by molar-refractivity contribution is 9.09. The summed E-state index contributed by atoms with van der Waals surface area (Å²) < 4.78 is 0. The van der Waals surface area contributed by atoms with Gasteiger partial charge in [-0.3, -0.25) is 0 Å². The zero-order chi connectivity index (χ0) is 9.85. The third kappa shape index (κ3) is 1.09. The molecule has 2 aliphatic carbocycles. The average molecular weight is 245 g/mol. The Balaban J connectivity index is 1.99. The third-order valence-corrected chi connectivity index (χ3v) is 5.74. The molecule has 0 bridgehead atoms. The van der Waals surface area contributed by atoms with Crippen molar-refractivity contribution in [2.24, 2.45) is 28.6 Å². The van der Waals surface area contributed by atoms with E-state index in [0.29, 0.717) is 5.41 Å². The molecule has 0 nitrogen and oxygen atoms in total. The second kappa shape index (κ2) is 2.74. The summed E-state index contributed by atoms with van der Waals surface area (Å²) in [5.74, 6) is 2.87. The van der Waals surface area contributed by atoms with Crippen LogP contribution in [0, 0.1) is 28.6 Å². The van der Waals surface area contributed by atoms with Crippen LogP contribution in [0.5, 0.6) is 0 Å². The molecule has 0 aromatic rings. The number of hydrogen-bond donors (Lipinski definition) is 0. The van der Waals surface area contributed by atoms with E-state index in [1.807, 2.05) is 0 Å². The van der Waals surface area contributed by atoms with Crippen LogP contribution >= 0.6 is 15.9 Å². The lowest BCUT2D eigenvalue weighted by Crippen LogP contribution is -2.33. The monoisotopic (exact) mass is 244 g/mol. The fraction of sp³-hybridized carbons (Fsp3) is 1.00. The summed E-state index contributed by atoms with van der Waals surface area (Å²) >= 11 is 3.66. The van der Waals surface area contributed by atoms with Gasteiger partial charge in [0.15, 0.2) is 0 Å². The minimum atomic E-state index is 0.627. The lowest BCUT2D eigenvalue weighted by molar-refractivity contribution is 0.0817. The lowest BCUT2D eigenvalue weighted by Gasteiger charge is -2.42. The summed E-state index contributed by atoms with van der Waals surface area (Å²) in [4.78, 5) is 0. The van der Waals surface area contributed by atoms with E-state index in [0.717, 1.165) is 23.2 Å². The Labute approximate surface area is 90.6 Å². The third-order valence-electron chi connectivity index (χ3n) is 5.09. The molecule has 2 aliphatic rings. The molecule has 0 amide bonds. The normalized spacial score (nSPS) is 46.6. The predicted molar refractivity (Wildman–Crippen MR) is 61.1 cm³/mol. The van der Waals surface area contributed by atoms with Crippen LogP contribution in [0.1, 0.15) is 40.5 Å². The van der Waals surface area contributed by atoms with Crippen molar-refractivity contribution in [3.63, 3.8) is 0 Å². The van der Waals surface area contributed by atoms with Crippen molar-refractivity contribution in [3.05, 3.63) is 0 Å². The molecular weight excluding hydrogens is 224 g/mol. The second-order valence-electron chi connectivity index (χ2n) is 6.00. The molecule has 1 spiro atoms. The summed E-state index contributed by atoms with van der Waals surface area (Å²) in [6, 6.07) is 0. The maximum atomic E-state index is 3.66. The van der Waals surface area contributed by atoms with Crippen LogP contribution in [0.3, 0.4) is 0 Å². The summed E-state index contributed by atoms with van der Waals surface area (Å²) in [6.45, 7) is 9.65. The zero-order valence-corrected chi connectivity index (χ0v) is 10.8. The minimum absolute atomic E-state index is 0.627. The summed E-state index contributed by atoms with van der Waals surface area (Å²) in [5.41, 5.74) is 1.37. The Bertz CT molecular complexity index is 211. The van der Waals surface area contributed by atoms with Gasteiger partial charge in [-0.2, -0.15) is 0 Å². The van der Waals surface area contributed by atoms with Gasteiger partial charge in [0.1, 0.15) is 0 Å². The van der Waals surface area contributed by atoms with Crippen molar-refractivity contribution in [1.29, 1.82) is 0 Å². The van der Waals surface area contributed by atoms with Crippen molar-refractivity contribution in [2.75, 3.05) is 5.33 Å². The summed E-state index contributed by atoms with van der Waals surface area (Å²) in [5, 5.41) is 1.21. The molecule has 2 fully saturated rings. The molecule has 1 atom stereocenters. The predicted octanol–water partition coefficient (Wildman–Crippen LogP) is 4.09. The Hall–Kier alpha value is 0.480. The zero-order valence-electron chi connectivity index (χ0n) is 9.23. The van der Waals surface area contributed by atoms with Gasteiger partial charge in [0.2, 0.25) is 0 Å². The molecule has 2 rings (SSSR count). The van der Waals surface area contributed by atoms with Gasteiger partial charge in [-0.1, -0.05) is 43.6 Å². The van der Waals surface area contributed by atoms with Crippen LogP contribution in [0.4, 0.5) is 0 Å². The highest BCUT2D eigenvalue weighted by Crippen LogP contribution is 2.80. The molecule has 2 saturated carbocycles. The molecule has 0 saturated heterocycles. The molecule has 76 valence electrons. The fourth-order valence-electron chi connectivity index (χ4n) is 3.56. The molecule has 0 heterocycles. The molecule has 0 radical (unpaired) electrons. The lowest BCUT2D eigenvalue weighted by atomic mass is 9.63. The van der Waals surface area contributed by atoms with E-state index in [2.05, 4.69) is 43.6 Å². The first-order chi connectivity index (χ1) is 5.95. The van der Waals surface area contributed by atoms with Crippen molar-refractivity contribution in [1.82, 2.24) is 0 Å². The van der Waals surface area contributed by atoms with Crippen LogP contribution in [-0.4, -0.2) is 5.33 Å². The largest absolute Gasteiger partial charge is 0.0925 e. The quantitative estimate of drug-likeness (QED) is 0.643. The summed E-state index contributed by atoms with van der Waals surface area (Å²) in [6.07, 6.45) is 2.99. The second-order valence-corrected chi connectivity index (χ2v) is 6.64. The Kier molecular flexibility index (Phi) is 2.11. The SMILES string of the molecule is CC(C)C1CC2(C1)C(CBr)C2(C)C. The van der Waals surface area contributed by atoms with Gasteiger partial charge in [-0.05, 0) is 41.4 Å². The van der Waals surface area contributed by atoms with E-state index < -0.39 is 0 Å². The van der Waals surface area contributed by atoms with Crippen LogP contribution in [0.15, 0.2) is 0 Å². The molecule has 0 N–H and O–H groups in total. The van der Waals surface area contributed by atoms with Gasteiger partial charge in [0.25, 0.3) is 0 Å². The van der Waals surface area contributed by atoms with Crippen molar-refractivity contribution < 1.29 is 0 Å². The van der Waals surface area contributed by atoms with E-state index in [1.54, 1.807) is 0 Å². The minimum Gasteiger partial charge on any atom is -0.0925 e. The van der Waals surface area contributed by atoms with Crippen LogP contribution < -0.4 is 0 Å². The molecule has 0 aliphatic heterocycles. The van der Waals surface area contributed by atoms with Gasteiger partial charge in [-0.15, -0.1) is 0 Å². The topological polar surface area (TPSA) is 0 Å². The van der Waals surface area contributed by atoms with Gasteiger partial charge >= 0.3 is 0 Å². The maximum absolute atomic E-state index is 3.66. The maximum Gasteiger partial charge on any atom is 0.00704 e. The molecule has 1 unspecified atom stereocenters. The van der Waals surface area contributed by atoms with E-state index >= 15 is 0 Å². The number of halogens is 1. The Morgan fingerprint density at radius 1 is 1.31 bits per heavy atom. The Morgan fingerprint density at radius 2 is 1.85 bits per heavy atom. The van der Waals surface area contributed by atoms with Gasteiger partial charge in [0, 0.05) is 5.33 Å². The first kappa shape index (κ1) is 10.0. The Morgan fingerprint density at radius 3 is 2.15 bits per heavy atom. The van der Waals surface area contributed by atoms with E-state index in [4.69, 9.17) is 0 Å². The molecule has 0 aromatic carbocycles. The van der Waals surface area contributed by atoms with E-state index in [-0.39, 0.29) is 0 Å². The van der Waals surface area contributed by atoms with Crippen LogP contribution in [0.2, 0.25) is 0 Å². The fourth-order valence-corrected chi connectivity index (χ4v) is 4.99. The smallest absolute Gasteiger partial charge is 0.00704 e. The van der Waals surface area contributed by atoms with Crippen molar-refractivity contribution in [2.45, 2.75) is 40.5 Å². The highest BCUT2D eigenvalue weighted by atomic mass is 79.9. The van der Waals surface area contributed by atoms with E-state index in [9.17, 15) is 0 Å². The molecule has 1 heteroatoms. The first-order valence-electron chi connectivity index (χ1n) is 5.51. The highest BCUT2D eigenvalue weighted by Gasteiger charge is 2.74. The van der Waals surface area contributed by atoms with Crippen molar-refractivity contribution in [3.8, 4) is 0 Å². The first-order valence-corrected chi connectivity index (χ1v) is 6.64. The standard InChI is InChI=1S/C12H21Br/c1-8(2)9-5-12(6-9)10(7-13)11(12,3)4/h8-10H,5-7H2,1-4H3. The number of rotatable bonds is 2. The number of alkyl halides is 1. The van der Waals surface area contributed by atoms with Crippen molar-refractivity contribution >= 4 is 15.9 Å². The van der Waals surface area contributed by atoms with Gasteiger partial charge in [0.05, 0.1) is 0 Å². The van der Waals surface area contributed by atoms with Gasteiger partial charge < -0.3 is 0 Å². The van der Waals surface area contributed by atoms with Crippen LogP contribution in [0.25, 0.3) is 0 Å². The molecule has 0 aromatic heterocycles. The number of hydrogen-bond acceptors (Lipinski definition) is 0. The molecular formula is C12H21Br. The summed E-state index contributed by atoms with van der Waals surface area (Å²) in [7, 11) is 0. The van der Waals surface area contributed by atoms with E-state index in [1.165, 1.54) is 18.2 Å². The average Bonchev–Trinajstić information content (AvgIpc) is 2.42. The van der Waals surface area contributed by atoms with Gasteiger partial charge in [-0.25, -0.2) is 0 Å². The van der Waals surface area contributed by atoms with Crippen LogP contribution in [-0.2, 0) is 0 Å².